The minimum atomic E-state index is -0.0454. The Morgan fingerprint density at radius 2 is 1.92 bits per heavy atom. The number of anilines is 1. The molecular formula is C27H33ClN6OS. The third-order valence-corrected chi connectivity index (χ3v) is 7.30. The molecule has 2 aromatic heterocycles. The molecule has 0 aliphatic carbocycles. The Balaban J connectivity index is 0.00000148. The fourth-order valence-corrected chi connectivity index (χ4v) is 5.28. The summed E-state index contributed by atoms with van der Waals surface area (Å²) in [5.74, 6) is 2.42. The molecule has 4 aromatic rings. The van der Waals surface area contributed by atoms with Crippen LogP contribution in [0, 0.1) is 0 Å². The van der Waals surface area contributed by atoms with Gasteiger partial charge in [-0.15, -0.1) is 0 Å². The van der Waals surface area contributed by atoms with Crippen molar-refractivity contribution < 1.29 is 4.74 Å². The van der Waals surface area contributed by atoms with Crippen LogP contribution < -0.4 is 11.1 Å². The van der Waals surface area contributed by atoms with Gasteiger partial charge in [-0.1, -0.05) is 55.8 Å². The summed E-state index contributed by atoms with van der Waals surface area (Å²) >= 11 is 7.93. The van der Waals surface area contributed by atoms with Gasteiger partial charge in [-0.25, -0.2) is 15.0 Å². The molecule has 1 fully saturated rings. The Morgan fingerprint density at radius 3 is 2.75 bits per heavy atom. The first-order chi connectivity index (χ1) is 17.7. The second-order valence-electron chi connectivity index (χ2n) is 8.33. The van der Waals surface area contributed by atoms with Crippen LogP contribution in [0.5, 0.6) is 0 Å². The zero-order chi connectivity index (χ0) is 25.3. The van der Waals surface area contributed by atoms with E-state index in [1.165, 1.54) is 23.0 Å². The number of ether oxygens (including phenoxy) is 1. The van der Waals surface area contributed by atoms with Crippen LogP contribution in [-0.2, 0) is 11.3 Å². The minimum absolute atomic E-state index is 0.0454. The molecule has 2 aromatic carbocycles. The molecule has 3 heterocycles. The van der Waals surface area contributed by atoms with Crippen molar-refractivity contribution in [2.45, 2.75) is 45.6 Å². The number of benzene rings is 2. The lowest BCUT2D eigenvalue weighted by atomic mass is 10.0. The van der Waals surface area contributed by atoms with Crippen LogP contribution in [0.3, 0.4) is 0 Å². The van der Waals surface area contributed by atoms with Gasteiger partial charge in [0.2, 0.25) is 0 Å². The molecule has 7 nitrogen and oxygen atoms in total. The van der Waals surface area contributed by atoms with Crippen molar-refractivity contribution in [3.8, 4) is 11.1 Å². The number of imidazole rings is 1. The Hall–Kier alpha value is -2.65. The van der Waals surface area contributed by atoms with Crippen molar-refractivity contribution in [2.24, 2.45) is 0 Å². The Morgan fingerprint density at radius 1 is 1.08 bits per heavy atom. The van der Waals surface area contributed by atoms with Gasteiger partial charge in [0, 0.05) is 29.6 Å². The van der Waals surface area contributed by atoms with E-state index >= 15 is 0 Å². The van der Waals surface area contributed by atoms with Crippen molar-refractivity contribution in [1.29, 1.82) is 0 Å². The van der Waals surface area contributed by atoms with Gasteiger partial charge in [-0.2, -0.15) is 11.8 Å². The number of nitrogens with two attached hydrogens (primary N) is 1. The molecule has 0 amide bonds. The molecule has 5 rings (SSSR count). The highest BCUT2D eigenvalue weighted by Crippen LogP contribution is 2.32. The zero-order valence-corrected chi connectivity index (χ0v) is 22.3. The van der Waals surface area contributed by atoms with Gasteiger partial charge in [-0.05, 0) is 47.7 Å². The van der Waals surface area contributed by atoms with Gasteiger partial charge in [0.15, 0.2) is 11.5 Å². The number of nitrogen functional groups attached to an aromatic ring is 1. The fourth-order valence-electron chi connectivity index (χ4n) is 4.19. The number of nitrogens with zero attached hydrogens (tertiary/aromatic N) is 4. The van der Waals surface area contributed by atoms with E-state index in [0.717, 1.165) is 48.1 Å². The van der Waals surface area contributed by atoms with Crippen molar-refractivity contribution in [3.05, 3.63) is 71.8 Å². The number of halogens is 1. The summed E-state index contributed by atoms with van der Waals surface area (Å²) in [6.45, 7) is 5.80. The van der Waals surface area contributed by atoms with Gasteiger partial charge in [0.25, 0.3) is 0 Å². The molecule has 2 atom stereocenters. The number of thioether (sulfide) groups is 1. The standard InChI is InChI=1S/C25H27ClN6OS.C2H6/c26-20-6-4-18(5-7-20)19-3-1-2-17(12-19)13-28-10-11-34-14-21-8-9-22(33-21)32-16-31-23-24(27)29-15-30-25(23)32;1-2/h1-7,12,15-16,21-22,28H,8-11,13-14H2,(H2,27,29,30);1-2H3. The average Bonchev–Trinajstić information content (AvgIpc) is 3.56. The number of rotatable bonds is 9. The Labute approximate surface area is 221 Å². The lowest BCUT2D eigenvalue weighted by molar-refractivity contribution is 0.0153. The third-order valence-electron chi connectivity index (χ3n) is 5.94. The van der Waals surface area contributed by atoms with Gasteiger partial charge in [0.1, 0.15) is 18.1 Å². The predicted octanol–water partition coefficient (Wildman–Crippen LogP) is 5.96. The summed E-state index contributed by atoms with van der Waals surface area (Å²) in [5.41, 5.74) is 10.9. The quantitative estimate of drug-likeness (QED) is 0.261. The van der Waals surface area contributed by atoms with E-state index in [4.69, 9.17) is 22.1 Å². The minimum Gasteiger partial charge on any atom is -0.382 e. The first kappa shape index (κ1) is 26.4. The predicted molar refractivity (Wildman–Crippen MR) is 150 cm³/mol. The van der Waals surface area contributed by atoms with E-state index in [1.54, 1.807) is 6.33 Å². The first-order valence-corrected chi connectivity index (χ1v) is 13.9. The first-order valence-electron chi connectivity index (χ1n) is 12.4. The monoisotopic (exact) mass is 524 g/mol. The maximum absolute atomic E-state index is 6.26. The average molecular weight is 525 g/mol. The molecule has 0 saturated carbocycles. The molecule has 1 saturated heterocycles. The Kier molecular flexibility index (Phi) is 9.58. The lowest BCUT2D eigenvalue weighted by Crippen LogP contribution is -2.18. The molecule has 0 spiro atoms. The van der Waals surface area contributed by atoms with Gasteiger partial charge >= 0.3 is 0 Å². The van der Waals surface area contributed by atoms with Crippen molar-refractivity contribution in [1.82, 2.24) is 24.8 Å². The summed E-state index contributed by atoms with van der Waals surface area (Å²) in [4.78, 5) is 12.7. The number of hydrogen-bond donors (Lipinski definition) is 2. The van der Waals surface area contributed by atoms with Crippen molar-refractivity contribution in [2.75, 3.05) is 23.8 Å². The summed E-state index contributed by atoms with van der Waals surface area (Å²) < 4.78 is 8.23. The van der Waals surface area contributed by atoms with Crippen LogP contribution >= 0.6 is 23.4 Å². The van der Waals surface area contributed by atoms with E-state index in [-0.39, 0.29) is 12.3 Å². The topological polar surface area (TPSA) is 90.9 Å². The van der Waals surface area contributed by atoms with Crippen LogP contribution in [0.25, 0.3) is 22.3 Å². The molecule has 3 N–H and O–H groups in total. The summed E-state index contributed by atoms with van der Waals surface area (Å²) in [7, 11) is 0. The zero-order valence-electron chi connectivity index (χ0n) is 20.7. The molecule has 190 valence electrons. The summed E-state index contributed by atoms with van der Waals surface area (Å²) in [6, 6.07) is 16.6. The molecule has 36 heavy (non-hydrogen) atoms. The second kappa shape index (κ2) is 13.1. The molecule has 9 heteroatoms. The molecule has 1 aliphatic heterocycles. The van der Waals surface area contributed by atoms with Crippen molar-refractivity contribution >= 4 is 40.3 Å². The van der Waals surface area contributed by atoms with Crippen LogP contribution in [0.1, 0.15) is 38.5 Å². The van der Waals surface area contributed by atoms with Crippen LogP contribution in [-0.4, -0.2) is 43.7 Å². The van der Waals surface area contributed by atoms with Crippen molar-refractivity contribution in [3.63, 3.8) is 0 Å². The smallest absolute Gasteiger partial charge is 0.167 e. The maximum atomic E-state index is 6.26. The van der Waals surface area contributed by atoms with Gasteiger partial charge < -0.3 is 15.8 Å². The lowest BCUT2D eigenvalue weighted by Gasteiger charge is -2.15. The van der Waals surface area contributed by atoms with E-state index in [2.05, 4.69) is 56.7 Å². The summed E-state index contributed by atoms with van der Waals surface area (Å²) in [6.07, 6.45) is 5.39. The fraction of sp³-hybridized carbons (Fsp3) is 0.370. The van der Waals surface area contributed by atoms with Crippen LogP contribution in [0.2, 0.25) is 5.02 Å². The number of hydrogen-bond acceptors (Lipinski definition) is 7. The highest BCUT2D eigenvalue weighted by Gasteiger charge is 2.28. The second-order valence-corrected chi connectivity index (χ2v) is 9.92. The molecular weight excluding hydrogens is 492 g/mol. The summed E-state index contributed by atoms with van der Waals surface area (Å²) in [5, 5.41) is 4.31. The van der Waals surface area contributed by atoms with Crippen LogP contribution in [0.15, 0.2) is 61.2 Å². The number of nitrogens with one attached hydrogen (secondary N) is 1. The number of fused-ring (bicyclic) bond motifs is 1. The van der Waals surface area contributed by atoms with E-state index in [1.807, 2.05) is 42.3 Å². The Bertz CT molecular complexity index is 1250. The highest BCUT2D eigenvalue weighted by atomic mass is 35.5. The van der Waals surface area contributed by atoms with E-state index < -0.39 is 0 Å². The van der Waals surface area contributed by atoms with Gasteiger partial charge in [0.05, 0.1) is 12.4 Å². The third kappa shape index (κ3) is 6.56. The molecule has 0 bridgehead atoms. The normalized spacial score (nSPS) is 17.2. The van der Waals surface area contributed by atoms with E-state index in [9.17, 15) is 0 Å². The maximum Gasteiger partial charge on any atom is 0.167 e. The largest absolute Gasteiger partial charge is 0.382 e. The molecule has 0 radical (unpaired) electrons. The van der Waals surface area contributed by atoms with Crippen LogP contribution in [0.4, 0.5) is 5.82 Å². The highest BCUT2D eigenvalue weighted by molar-refractivity contribution is 7.99. The SMILES string of the molecule is CC.Nc1ncnc2c1ncn2C1CCC(CSCCNCc2cccc(-c3ccc(Cl)cc3)c2)O1. The molecule has 2 unspecified atom stereocenters. The van der Waals surface area contributed by atoms with Gasteiger partial charge in [-0.3, -0.25) is 4.57 Å². The number of aromatic nitrogens is 4. The van der Waals surface area contributed by atoms with E-state index in [0.29, 0.717) is 11.3 Å². The molecule has 1 aliphatic rings.